The van der Waals surface area contributed by atoms with Crippen LogP contribution >= 0.6 is 0 Å². The summed E-state index contributed by atoms with van der Waals surface area (Å²) in [6, 6.07) is 10.9. The van der Waals surface area contributed by atoms with Gasteiger partial charge >= 0.3 is 0 Å². The number of aryl methyl sites for hydroxylation is 1. The van der Waals surface area contributed by atoms with Crippen molar-refractivity contribution >= 4 is 109 Å². The highest BCUT2D eigenvalue weighted by Gasteiger charge is 2.33. The number of nitrogens with two attached hydrogens (primary N) is 13. The maximum Gasteiger partial charge on any atom is 0.243 e. The Kier molecular flexibility index (Phi) is 29.3. The molecule has 0 fully saturated rings. The largest absolute Gasteiger partial charge is 0.370 e. The van der Waals surface area contributed by atoms with E-state index in [0.717, 1.165) is 27.1 Å². The number of rotatable bonds is 40. The molecule has 32 nitrogen and oxygen atoms in total. The normalized spacial score (nSPS) is 13.0. The molecule has 7 amide bonds. The van der Waals surface area contributed by atoms with Crippen molar-refractivity contribution in [1.82, 2.24) is 31.9 Å². The van der Waals surface area contributed by atoms with Gasteiger partial charge in [0.05, 0.1) is 0 Å². The minimum absolute atomic E-state index is 0.0143. The van der Waals surface area contributed by atoms with Crippen molar-refractivity contribution in [3.63, 3.8) is 0 Å². The minimum atomic E-state index is -1.43. The third-order valence-corrected chi connectivity index (χ3v) is 13.9. The summed E-state index contributed by atoms with van der Waals surface area (Å²) in [5.41, 5.74) is 73.2. The Hall–Kier alpha value is -10.2. The van der Waals surface area contributed by atoms with Gasteiger partial charge in [0.1, 0.15) is 36.3 Å². The lowest BCUT2D eigenvalue weighted by Crippen LogP contribution is -2.59. The number of carbonyl (C=O) groups excluding carboxylic acids is 7. The lowest BCUT2D eigenvalue weighted by atomic mass is 9.92. The molecule has 0 aliphatic heterocycles. The van der Waals surface area contributed by atoms with Gasteiger partial charge in [-0.3, -0.25) is 63.5 Å². The van der Waals surface area contributed by atoms with Crippen molar-refractivity contribution in [3.05, 3.63) is 60.2 Å². The van der Waals surface area contributed by atoms with E-state index in [2.05, 4.69) is 110 Å². The number of nitrogens with one attached hydrogen (secondary N) is 6. The second-order valence-corrected chi connectivity index (χ2v) is 21.0. The van der Waals surface area contributed by atoms with Crippen molar-refractivity contribution in [2.45, 2.75) is 133 Å². The molecule has 4 aromatic rings. The van der Waals surface area contributed by atoms with E-state index in [0.29, 0.717) is 12.8 Å². The monoisotopic (exact) mass is 1220 g/mol. The van der Waals surface area contributed by atoms with E-state index in [1.165, 1.54) is 10.8 Å². The fraction of sp³-hybridized carbons (Fsp3) is 0.482. The van der Waals surface area contributed by atoms with Crippen LogP contribution in [0.5, 0.6) is 0 Å². The van der Waals surface area contributed by atoms with Crippen LogP contribution in [0, 0.1) is 0 Å². The number of hydrogen-bond acceptors (Lipinski definition) is 13. The molecular weight excluding hydrogens is 1130 g/mol. The van der Waals surface area contributed by atoms with Crippen LogP contribution in [0.1, 0.15) is 95.5 Å². The molecule has 4 rings (SSSR count). The molecule has 88 heavy (non-hydrogen) atoms. The molecule has 0 aromatic heterocycles. The molecule has 0 saturated carbocycles. The minimum Gasteiger partial charge on any atom is -0.370 e. The van der Waals surface area contributed by atoms with Gasteiger partial charge in [0.25, 0.3) is 0 Å². The number of nitrogens with zero attached hydrogens (tertiary/aromatic N) is 6. The van der Waals surface area contributed by atoms with Gasteiger partial charge in [0.15, 0.2) is 35.8 Å². The number of amides is 7. The SMILES string of the molecule is NC(=O)[C@H](CCCN=C(N)N)NC(=O)[C@H](CCCN=C(N)N)NC(=O)[C@H](CCCN=C(N)N)NC(=O)[C@H](CCCN=C(N)N)NC(=O)[C@H](CCCN=C(N)N)NC(=O)[C@H](CCCN=C(N)N)NC(=O)CCCc1cc2ccc3cccc4ccc(c1)c2c34. The van der Waals surface area contributed by atoms with Crippen LogP contribution in [0.15, 0.2) is 84.6 Å². The highest BCUT2D eigenvalue weighted by molar-refractivity contribution is 6.23. The van der Waals surface area contributed by atoms with Crippen molar-refractivity contribution in [2.24, 2.45) is 104 Å². The zero-order chi connectivity index (χ0) is 64.7. The molecular formula is C56H89N25O7. The highest BCUT2D eigenvalue weighted by Crippen LogP contribution is 2.35. The first kappa shape index (κ1) is 70.3. The predicted molar refractivity (Wildman–Crippen MR) is 343 cm³/mol. The zero-order valence-corrected chi connectivity index (χ0v) is 49.6. The molecule has 0 heterocycles. The van der Waals surface area contributed by atoms with Crippen LogP contribution in [0.4, 0.5) is 0 Å². The first-order valence-corrected chi connectivity index (χ1v) is 29.0. The number of primary amides is 1. The second-order valence-electron chi connectivity index (χ2n) is 21.0. The summed E-state index contributed by atoms with van der Waals surface area (Å²) in [7, 11) is 0. The Morgan fingerprint density at radius 2 is 0.591 bits per heavy atom. The van der Waals surface area contributed by atoms with E-state index in [-0.39, 0.29) is 158 Å². The number of hydrogen-bond donors (Lipinski definition) is 19. The summed E-state index contributed by atoms with van der Waals surface area (Å²) in [6.45, 7) is 0.374. The molecule has 0 saturated heterocycles. The van der Waals surface area contributed by atoms with Gasteiger partial charge in [-0.2, -0.15) is 0 Å². The fourth-order valence-corrected chi connectivity index (χ4v) is 9.69. The van der Waals surface area contributed by atoms with Gasteiger partial charge in [0.2, 0.25) is 41.4 Å². The molecule has 32 heteroatoms. The Morgan fingerprint density at radius 1 is 0.330 bits per heavy atom. The Bertz CT molecular complexity index is 3100. The van der Waals surface area contributed by atoms with Gasteiger partial charge in [-0.05, 0) is 128 Å². The average molecular weight is 1220 g/mol. The summed E-state index contributed by atoms with van der Waals surface area (Å²) in [6.07, 6.45) is 1.85. The van der Waals surface area contributed by atoms with Crippen molar-refractivity contribution < 1.29 is 33.6 Å². The highest BCUT2D eigenvalue weighted by atomic mass is 16.2. The number of carbonyl (C=O) groups is 7. The van der Waals surface area contributed by atoms with E-state index in [1.807, 2.05) is 6.07 Å². The Balaban J connectivity index is 1.60. The van der Waals surface area contributed by atoms with E-state index in [9.17, 15) is 33.6 Å². The molecule has 32 N–H and O–H groups in total. The topological polar surface area (TPSA) is 604 Å². The molecule has 480 valence electrons. The van der Waals surface area contributed by atoms with Gasteiger partial charge in [-0.15, -0.1) is 0 Å². The van der Waals surface area contributed by atoms with Crippen LogP contribution in [-0.4, -0.2) is 153 Å². The lowest BCUT2D eigenvalue weighted by molar-refractivity contribution is -0.135. The molecule has 0 aliphatic carbocycles. The molecule has 6 atom stereocenters. The van der Waals surface area contributed by atoms with Gasteiger partial charge in [0, 0.05) is 45.7 Å². The van der Waals surface area contributed by atoms with E-state index in [1.54, 1.807) is 0 Å². The quantitative estimate of drug-likeness (QED) is 0.00866. The maximum atomic E-state index is 14.6. The maximum absolute atomic E-state index is 14.6. The van der Waals surface area contributed by atoms with Crippen molar-refractivity contribution in [1.29, 1.82) is 0 Å². The number of guanidine groups is 6. The van der Waals surface area contributed by atoms with E-state index in [4.69, 9.17) is 74.5 Å². The fourth-order valence-electron chi connectivity index (χ4n) is 9.69. The molecule has 0 spiro atoms. The third-order valence-electron chi connectivity index (χ3n) is 13.9. The van der Waals surface area contributed by atoms with E-state index >= 15 is 0 Å². The zero-order valence-electron chi connectivity index (χ0n) is 49.6. The van der Waals surface area contributed by atoms with Crippen molar-refractivity contribution in [2.75, 3.05) is 39.3 Å². The first-order chi connectivity index (χ1) is 41.9. The van der Waals surface area contributed by atoms with Crippen LogP contribution < -0.4 is 106 Å². The number of aliphatic imine (C=N–C) groups is 6. The summed E-state index contributed by atoms with van der Waals surface area (Å²) in [5.74, 6) is -6.66. The molecule has 4 aromatic carbocycles. The van der Waals surface area contributed by atoms with Gasteiger partial charge in [-0.25, -0.2) is 0 Å². The van der Waals surface area contributed by atoms with Gasteiger partial charge in [-0.1, -0.05) is 54.6 Å². The molecule has 0 aliphatic rings. The second kappa shape index (κ2) is 36.6. The summed E-state index contributed by atoms with van der Waals surface area (Å²) in [5, 5.41) is 23.1. The van der Waals surface area contributed by atoms with Crippen LogP contribution in [0.25, 0.3) is 32.3 Å². The molecule has 0 bridgehead atoms. The van der Waals surface area contributed by atoms with Crippen molar-refractivity contribution in [3.8, 4) is 0 Å². The van der Waals surface area contributed by atoms with Gasteiger partial charge < -0.3 is 106 Å². The molecule has 0 radical (unpaired) electrons. The van der Waals surface area contributed by atoms with Crippen LogP contribution in [0.3, 0.4) is 0 Å². The standard InChI is InChI=1S/C56H89N25O7/c57-45(83)36(12-3-23-70-51(58)59)77-47(85)38(14-5-25-72-53(62)63)79-49(87)40(16-7-27-74-55(66)67)81-50(88)41(17-8-28-75-56(68)69)80-48(86)39(15-6-26-73-54(64)65)78-46(84)37(13-4-24-71-52(60)61)76-42(82)18-1-9-31-29-34-21-19-32-10-2-11-33-20-22-35(30-31)44(34)43(32)33/h2,10-11,19-22,29-30,36-41H,1,3-9,12-18,23-28H2,(H2,57,83)(H,76,82)(H,77,85)(H,78,84)(H,79,87)(H,80,86)(H,81,88)(H4,58,59,70)(H4,60,61,71)(H4,62,63,72)(H4,64,65,73)(H4,66,67,74)(H4,68,69,75)/t36-,37-,38-,39-,40-,41-/m0/s1. The van der Waals surface area contributed by atoms with Crippen LogP contribution in [-0.2, 0) is 40.0 Å². The number of benzene rings is 4. The lowest BCUT2D eigenvalue weighted by Gasteiger charge is -2.27. The summed E-state index contributed by atoms with van der Waals surface area (Å²) >= 11 is 0. The van der Waals surface area contributed by atoms with Crippen LogP contribution in [0.2, 0.25) is 0 Å². The first-order valence-electron chi connectivity index (χ1n) is 29.0. The van der Waals surface area contributed by atoms with E-state index < -0.39 is 77.6 Å². The predicted octanol–water partition coefficient (Wildman–Crippen LogP) is -4.38. The average Bonchev–Trinajstić information content (AvgIpc) is 0.983. The third kappa shape index (κ3) is 25.2. The molecule has 0 unspecified atom stereocenters. The Morgan fingerprint density at radius 3 is 0.886 bits per heavy atom. The Labute approximate surface area is 509 Å². The smallest absolute Gasteiger partial charge is 0.243 e. The summed E-state index contributed by atoms with van der Waals surface area (Å²) in [4.78, 5) is 122. The summed E-state index contributed by atoms with van der Waals surface area (Å²) < 4.78 is 0.